The van der Waals surface area contributed by atoms with Crippen LogP contribution in [0.25, 0.3) is 0 Å². The molecule has 2 rings (SSSR count). The summed E-state index contributed by atoms with van der Waals surface area (Å²) in [5.74, 6) is -0.347. The Labute approximate surface area is 94.8 Å². The van der Waals surface area contributed by atoms with E-state index in [-0.39, 0.29) is 11.5 Å². The van der Waals surface area contributed by atoms with E-state index in [1.165, 1.54) is 0 Å². The van der Waals surface area contributed by atoms with Crippen LogP contribution in [0.15, 0.2) is 6.07 Å². The van der Waals surface area contributed by atoms with Crippen LogP contribution in [0.4, 0.5) is 0 Å². The van der Waals surface area contributed by atoms with Crippen molar-refractivity contribution < 1.29 is 9.53 Å². The fourth-order valence-corrected chi connectivity index (χ4v) is 1.95. The van der Waals surface area contributed by atoms with Crippen molar-refractivity contribution in [2.45, 2.75) is 32.9 Å². The van der Waals surface area contributed by atoms with Crippen molar-refractivity contribution in [2.24, 2.45) is 0 Å². The molecule has 0 saturated carbocycles. The normalized spacial score (nSPS) is 17.9. The van der Waals surface area contributed by atoms with Gasteiger partial charge in [-0.15, -0.1) is 0 Å². The smallest absolute Gasteiger partial charge is 0.358 e. The molecule has 0 aliphatic carbocycles. The van der Waals surface area contributed by atoms with E-state index >= 15 is 0 Å². The van der Waals surface area contributed by atoms with Crippen molar-refractivity contribution in [1.29, 1.82) is 0 Å². The summed E-state index contributed by atoms with van der Waals surface area (Å²) >= 11 is 0. The molecule has 0 aromatic carbocycles. The maximum absolute atomic E-state index is 11.6. The standard InChI is InChI=1S/C11H17N3O2/c1-4-16-10(15)9-5-8-6-12-7-11(2,3)14(8)13-9/h5,12H,4,6-7H2,1-3H3. The van der Waals surface area contributed by atoms with Crippen LogP contribution in [-0.2, 0) is 16.8 Å². The molecule has 5 heteroatoms. The molecule has 0 fully saturated rings. The topological polar surface area (TPSA) is 56.2 Å². The molecule has 16 heavy (non-hydrogen) atoms. The average Bonchev–Trinajstić information content (AvgIpc) is 2.63. The Morgan fingerprint density at radius 2 is 2.44 bits per heavy atom. The van der Waals surface area contributed by atoms with E-state index < -0.39 is 0 Å². The Bertz CT molecular complexity index is 409. The second-order valence-corrected chi connectivity index (χ2v) is 4.57. The lowest BCUT2D eigenvalue weighted by Gasteiger charge is -2.32. The molecule has 0 spiro atoms. The molecular formula is C11H17N3O2. The van der Waals surface area contributed by atoms with Crippen LogP contribution in [0.2, 0.25) is 0 Å². The van der Waals surface area contributed by atoms with Gasteiger partial charge in [0.1, 0.15) is 0 Å². The molecule has 0 atom stereocenters. The minimum absolute atomic E-state index is 0.0989. The zero-order chi connectivity index (χ0) is 11.8. The molecular weight excluding hydrogens is 206 g/mol. The summed E-state index contributed by atoms with van der Waals surface area (Å²) < 4.78 is 6.85. The lowest BCUT2D eigenvalue weighted by atomic mass is 10.0. The molecule has 0 amide bonds. The predicted octanol–water partition coefficient (Wildman–Crippen LogP) is 0.898. The Hall–Kier alpha value is -1.36. The van der Waals surface area contributed by atoms with Crippen molar-refractivity contribution >= 4 is 5.97 Å². The molecule has 1 aliphatic rings. The molecule has 0 bridgehead atoms. The quantitative estimate of drug-likeness (QED) is 0.757. The summed E-state index contributed by atoms with van der Waals surface area (Å²) in [5, 5.41) is 7.63. The lowest BCUT2D eigenvalue weighted by molar-refractivity contribution is 0.0517. The van der Waals surface area contributed by atoms with E-state index in [1.807, 2.05) is 4.68 Å². The van der Waals surface area contributed by atoms with E-state index in [0.29, 0.717) is 12.3 Å². The van der Waals surface area contributed by atoms with Crippen LogP contribution in [-0.4, -0.2) is 28.9 Å². The Morgan fingerprint density at radius 3 is 3.06 bits per heavy atom. The first kappa shape index (κ1) is 11.1. The fraction of sp³-hybridized carbons (Fsp3) is 0.636. The predicted molar refractivity (Wildman–Crippen MR) is 59.2 cm³/mol. The van der Waals surface area contributed by atoms with Gasteiger partial charge in [0.2, 0.25) is 0 Å². The zero-order valence-corrected chi connectivity index (χ0v) is 9.91. The number of hydrogen-bond acceptors (Lipinski definition) is 4. The van der Waals surface area contributed by atoms with Crippen LogP contribution in [0.5, 0.6) is 0 Å². The highest BCUT2D eigenvalue weighted by molar-refractivity contribution is 5.87. The molecule has 2 heterocycles. The highest BCUT2D eigenvalue weighted by Gasteiger charge is 2.29. The lowest BCUT2D eigenvalue weighted by Crippen LogP contribution is -2.44. The van der Waals surface area contributed by atoms with E-state index in [4.69, 9.17) is 4.74 Å². The van der Waals surface area contributed by atoms with Crippen LogP contribution in [0, 0.1) is 0 Å². The second-order valence-electron chi connectivity index (χ2n) is 4.57. The fourth-order valence-electron chi connectivity index (χ4n) is 1.95. The first-order valence-electron chi connectivity index (χ1n) is 5.52. The van der Waals surface area contributed by atoms with Gasteiger partial charge < -0.3 is 10.1 Å². The van der Waals surface area contributed by atoms with E-state index in [0.717, 1.165) is 18.8 Å². The minimum atomic E-state index is -0.347. The summed E-state index contributed by atoms with van der Waals surface area (Å²) in [6.45, 7) is 7.94. The van der Waals surface area contributed by atoms with Gasteiger partial charge in [0.25, 0.3) is 0 Å². The van der Waals surface area contributed by atoms with Crippen molar-refractivity contribution in [3.8, 4) is 0 Å². The van der Waals surface area contributed by atoms with Gasteiger partial charge in [-0.25, -0.2) is 4.79 Å². The van der Waals surface area contributed by atoms with E-state index in [2.05, 4.69) is 24.3 Å². The second kappa shape index (κ2) is 3.90. The van der Waals surface area contributed by atoms with Crippen molar-refractivity contribution in [2.75, 3.05) is 13.2 Å². The largest absolute Gasteiger partial charge is 0.461 e. The van der Waals surface area contributed by atoms with Gasteiger partial charge in [0.15, 0.2) is 5.69 Å². The summed E-state index contributed by atoms with van der Waals surface area (Å²) in [7, 11) is 0. The average molecular weight is 223 g/mol. The maximum atomic E-state index is 11.6. The van der Waals surface area contributed by atoms with Gasteiger partial charge in [0.05, 0.1) is 17.8 Å². The molecule has 1 aliphatic heterocycles. The van der Waals surface area contributed by atoms with Crippen molar-refractivity contribution in [1.82, 2.24) is 15.1 Å². The van der Waals surface area contributed by atoms with Crippen molar-refractivity contribution in [3.63, 3.8) is 0 Å². The van der Waals surface area contributed by atoms with Gasteiger partial charge in [-0.05, 0) is 26.8 Å². The first-order valence-corrected chi connectivity index (χ1v) is 5.52. The molecule has 1 N–H and O–H groups in total. The summed E-state index contributed by atoms with van der Waals surface area (Å²) in [4.78, 5) is 11.6. The van der Waals surface area contributed by atoms with Crippen LogP contribution in [0.1, 0.15) is 37.0 Å². The summed E-state index contributed by atoms with van der Waals surface area (Å²) in [6.07, 6.45) is 0. The van der Waals surface area contributed by atoms with Gasteiger partial charge in [-0.1, -0.05) is 0 Å². The Morgan fingerprint density at radius 1 is 1.69 bits per heavy atom. The molecule has 1 aromatic heterocycles. The number of carbonyl (C=O) groups is 1. The van der Waals surface area contributed by atoms with Crippen LogP contribution < -0.4 is 5.32 Å². The van der Waals surface area contributed by atoms with E-state index in [9.17, 15) is 4.79 Å². The molecule has 5 nitrogen and oxygen atoms in total. The molecule has 0 unspecified atom stereocenters. The van der Waals surface area contributed by atoms with Gasteiger partial charge in [-0.3, -0.25) is 4.68 Å². The highest BCUT2D eigenvalue weighted by Crippen LogP contribution is 2.21. The Kier molecular flexibility index (Phi) is 2.71. The number of fused-ring (bicyclic) bond motifs is 1. The summed E-state index contributed by atoms with van der Waals surface area (Å²) in [5.41, 5.74) is 1.33. The van der Waals surface area contributed by atoms with Gasteiger partial charge in [0, 0.05) is 13.1 Å². The number of nitrogens with one attached hydrogen (secondary N) is 1. The molecule has 88 valence electrons. The SMILES string of the molecule is CCOC(=O)c1cc2n(n1)C(C)(C)CNC2. The molecule has 0 radical (unpaired) electrons. The van der Waals surface area contributed by atoms with Crippen molar-refractivity contribution in [3.05, 3.63) is 17.5 Å². The maximum Gasteiger partial charge on any atom is 0.358 e. The van der Waals surface area contributed by atoms with Crippen LogP contribution in [0.3, 0.4) is 0 Å². The first-order chi connectivity index (χ1) is 7.54. The van der Waals surface area contributed by atoms with Gasteiger partial charge in [-0.2, -0.15) is 5.10 Å². The third kappa shape index (κ3) is 1.82. The van der Waals surface area contributed by atoms with Gasteiger partial charge >= 0.3 is 5.97 Å². The zero-order valence-electron chi connectivity index (χ0n) is 9.91. The number of esters is 1. The highest BCUT2D eigenvalue weighted by atomic mass is 16.5. The number of carbonyl (C=O) groups excluding carboxylic acids is 1. The summed E-state index contributed by atoms with van der Waals surface area (Å²) in [6, 6.07) is 1.80. The Balaban J connectivity index is 2.33. The third-order valence-electron chi connectivity index (χ3n) is 2.70. The number of ether oxygens (including phenoxy) is 1. The number of rotatable bonds is 2. The number of aromatic nitrogens is 2. The molecule has 1 aromatic rings. The monoisotopic (exact) mass is 223 g/mol. The third-order valence-corrected chi connectivity index (χ3v) is 2.70. The van der Waals surface area contributed by atoms with Crippen LogP contribution >= 0.6 is 0 Å². The van der Waals surface area contributed by atoms with E-state index in [1.54, 1.807) is 13.0 Å². The minimum Gasteiger partial charge on any atom is -0.461 e. The number of nitrogens with zero attached hydrogens (tertiary/aromatic N) is 2. The number of hydrogen-bond donors (Lipinski definition) is 1. The molecule has 0 saturated heterocycles.